The van der Waals surface area contributed by atoms with Gasteiger partial charge in [0.25, 0.3) is 0 Å². The van der Waals surface area contributed by atoms with Gasteiger partial charge in [0.2, 0.25) is 0 Å². The summed E-state index contributed by atoms with van der Waals surface area (Å²) < 4.78 is 5.52. The van der Waals surface area contributed by atoms with Gasteiger partial charge in [0, 0.05) is 24.6 Å². The van der Waals surface area contributed by atoms with Crippen LogP contribution in [0.5, 0.6) is 0 Å². The van der Waals surface area contributed by atoms with E-state index in [-0.39, 0.29) is 0 Å². The lowest BCUT2D eigenvalue weighted by molar-refractivity contribution is 0.138. The highest BCUT2D eigenvalue weighted by atomic mass is 16.5. The van der Waals surface area contributed by atoms with Crippen molar-refractivity contribution in [3.63, 3.8) is 0 Å². The first kappa shape index (κ1) is 13.3. The van der Waals surface area contributed by atoms with Crippen LogP contribution in [-0.4, -0.2) is 40.7 Å². The second-order valence-corrected chi connectivity index (χ2v) is 5.26. The number of nitrogens with two attached hydrogens (primary N) is 1. The number of nitrogens with zero attached hydrogens (tertiary/aromatic N) is 3. The maximum absolute atomic E-state index is 6.03. The van der Waals surface area contributed by atoms with E-state index in [9.17, 15) is 0 Å². The van der Waals surface area contributed by atoms with Gasteiger partial charge in [-0.05, 0) is 25.5 Å². The van der Waals surface area contributed by atoms with E-state index in [0.29, 0.717) is 11.9 Å². The van der Waals surface area contributed by atoms with Gasteiger partial charge in [0.1, 0.15) is 11.6 Å². The van der Waals surface area contributed by atoms with Crippen LogP contribution in [0.1, 0.15) is 19.2 Å². The topological polar surface area (TPSA) is 64.3 Å². The standard InChI is InChI=1S/C15H20N4O/c1-11-6-8-20-9-7-19(11)10-14-17-13-5-3-2-4-12(13)15(16)18-14/h2-5,11H,6-10H2,1H3,(H2,16,17,18). The molecule has 106 valence electrons. The number of nitrogen functional groups attached to an aromatic ring is 1. The van der Waals surface area contributed by atoms with Gasteiger partial charge >= 0.3 is 0 Å². The summed E-state index contributed by atoms with van der Waals surface area (Å²) in [4.78, 5) is 11.4. The zero-order chi connectivity index (χ0) is 13.9. The van der Waals surface area contributed by atoms with Gasteiger partial charge in [-0.1, -0.05) is 12.1 Å². The van der Waals surface area contributed by atoms with Gasteiger partial charge in [-0.2, -0.15) is 0 Å². The Kier molecular flexibility index (Phi) is 3.80. The van der Waals surface area contributed by atoms with Crippen molar-refractivity contribution in [2.24, 2.45) is 0 Å². The summed E-state index contributed by atoms with van der Waals surface area (Å²) in [5.41, 5.74) is 6.94. The maximum Gasteiger partial charge on any atom is 0.145 e. The van der Waals surface area contributed by atoms with Crippen molar-refractivity contribution in [2.75, 3.05) is 25.5 Å². The summed E-state index contributed by atoms with van der Waals surface area (Å²) >= 11 is 0. The van der Waals surface area contributed by atoms with Crippen molar-refractivity contribution in [1.82, 2.24) is 14.9 Å². The average molecular weight is 272 g/mol. The highest BCUT2D eigenvalue weighted by Gasteiger charge is 2.18. The van der Waals surface area contributed by atoms with Crippen molar-refractivity contribution < 1.29 is 4.74 Å². The molecule has 1 aliphatic heterocycles. The number of para-hydroxylation sites is 1. The highest BCUT2D eigenvalue weighted by molar-refractivity contribution is 5.87. The first-order valence-electron chi connectivity index (χ1n) is 7.07. The predicted octanol–water partition coefficient (Wildman–Crippen LogP) is 1.82. The van der Waals surface area contributed by atoms with Crippen LogP contribution in [-0.2, 0) is 11.3 Å². The molecule has 1 aromatic heterocycles. The molecule has 5 heteroatoms. The Morgan fingerprint density at radius 1 is 1.30 bits per heavy atom. The largest absolute Gasteiger partial charge is 0.383 e. The minimum Gasteiger partial charge on any atom is -0.383 e. The summed E-state index contributed by atoms with van der Waals surface area (Å²) in [6.07, 6.45) is 1.04. The fraction of sp³-hybridized carbons (Fsp3) is 0.467. The van der Waals surface area contributed by atoms with E-state index in [2.05, 4.69) is 21.8 Å². The molecule has 0 saturated carbocycles. The van der Waals surface area contributed by atoms with Crippen LogP contribution in [0.15, 0.2) is 24.3 Å². The maximum atomic E-state index is 6.03. The third kappa shape index (κ3) is 2.73. The van der Waals surface area contributed by atoms with Crippen LogP contribution >= 0.6 is 0 Å². The van der Waals surface area contributed by atoms with Gasteiger partial charge < -0.3 is 10.5 Å². The first-order chi connectivity index (χ1) is 9.74. The molecular weight excluding hydrogens is 252 g/mol. The SMILES string of the molecule is CC1CCOCCN1Cc1nc(N)c2ccccc2n1. The molecular formula is C15H20N4O. The molecule has 20 heavy (non-hydrogen) atoms. The number of rotatable bonds is 2. The molecule has 3 rings (SSSR count). The monoisotopic (exact) mass is 272 g/mol. The smallest absolute Gasteiger partial charge is 0.145 e. The molecule has 0 amide bonds. The Morgan fingerprint density at radius 3 is 3.05 bits per heavy atom. The molecule has 2 N–H and O–H groups in total. The van der Waals surface area contributed by atoms with E-state index < -0.39 is 0 Å². The Hall–Kier alpha value is -1.72. The van der Waals surface area contributed by atoms with Crippen molar-refractivity contribution in [3.8, 4) is 0 Å². The van der Waals surface area contributed by atoms with Crippen molar-refractivity contribution in [3.05, 3.63) is 30.1 Å². The number of anilines is 1. The van der Waals surface area contributed by atoms with E-state index in [0.717, 1.165) is 49.5 Å². The Labute approximate surface area is 118 Å². The zero-order valence-electron chi connectivity index (χ0n) is 11.7. The summed E-state index contributed by atoms with van der Waals surface area (Å²) in [5.74, 6) is 1.35. The minimum atomic E-state index is 0.480. The molecule has 5 nitrogen and oxygen atoms in total. The molecule has 0 bridgehead atoms. The van der Waals surface area contributed by atoms with Crippen LogP contribution in [0.3, 0.4) is 0 Å². The van der Waals surface area contributed by atoms with Crippen molar-refractivity contribution >= 4 is 16.7 Å². The normalized spacial score (nSPS) is 20.9. The van der Waals surface area contributed by atoms with E-state index in [4.69, 9.17) is 10.5 Å². The second kappa shape index (κ2) is 5.73. The highest BCUT2D eigenvalue weighted by Crippen LogP contribution is 2.19. The molecule has 1 aromatic carbocycles. The van der Waals surface area contributed by atoms with Crippen LogP contribution in [0.25, 0.3) is 10.9 Å². The number of aromatic nitrogens is 2. The van der Waals surface area contributed by atoms with E-state index in [1.807, 2.05) is 24.3 Å². The molecule has 0 radical (unpaired) electrons. The van der Waals surface area contributed by atoms with Crippen molar-refractivity contribution in [2.45, 2.75) is 25.9 Å². The van der Waals surface area contributed by atoms with Crippen molar-refractivity contribution in [1.29, 1.82) is 0 Å². The van der Waals surface area contributed by atoms with Gasteiger partial charge in [0.05, 0.1) is 18.7 Å². The number of ether oxygens (including phenoxy) is 1. The molecule has 2 aromatic rings. The molecule has 1 unspecified atom stereocenters. The lowest BCUT2D eigenvalue weighted by atomic mass is 10.2. The fourth-order valence-corrected chi connectivity index (χ4v) is 2.58. The molecule has 1 saturated heterocycles. The van der Waals surface area contributed by atoms with E-state index in [1.54, 1.807) is 0 Å². The summed E-state index contributed by atoms with van der Waals surface area (Å²) in [6, 6.07) is 8.34. The lowest BCUT2D eigenvalue weighted by Crippen LogP contribution is -2.34. The van der Waals surface area contributed by atoms with Gasteiger partial charge in [-0.25, -0.2) is 9.97 Å². The third-order valence-corrected chi connectivity index (χ3v) is 3.85. The molecule has 2 heterocycles. The summed E-state index contributed by atoms with van der Waals surface area (Å²) in [5, 5.41) is 0.920. The van der Waals surface area contributed by atoms with E-state index >= 15 is 0 Å². The third-order valence-electron chi connectivity index (χ3n) is 3.85. The lowest BCUT2D eigenvalue weighted by Gasteiger charge is -2.25. The fourth-order valence-electron chi connectivity index (χ4n) is 2.58. The van der Waals surface area contributed by atoms with Crippen LogP contribution in [0.2, 0.25) is 0 Å². The van der Waals surface area contributed by atoms with Crippen LogP contribution < -0.4 is 5.73 Å². The quantitative estimate of drug-likeness (QED) is 0.903. The Bertz CT molecular complexity index is 601. The van der Waals surface area contributed by atoms with Crippen LogP contribution in [0, 0.1) is 0 Å². The summed E-state index contributed by atoms with van der Waals surface area (Å²) in [7, 11) is 0. The number of hydrogen-bond acceptors (Lipinski definition) is 5. The Morgan fingerprint density at radius 2 is 2.15 bits per heavy atom. The molecule has 1 fully saturated rings. The number of benzene rings is 1. The molecule has 0 aliphatic carbocycles. The summed E-state index contributed by atoms with van der Waals surface area (Å²) in [6.45, 7) is 5.46. The number of hydrogen-bond donors (Lipinski definition) is 1. The Balaban J connectivity index is 1.86. The zero-order valence-corrected chi connectivity index (χ0v) is 11.7. The predicted molar refractivity (Wildman–Crippen MR) is 79.3 cm³/mol. The molecule has 0 spiro atoms. The van der Waals surface area contributed by atoms with Gasteiger partial charge in [0.15, 0.2) is 0 Å². The molecule has 1 aliphatic rings. The first-order valence-corrected chi connectivity index (χ1v) is 7.07. The second-order valence-electron chi connectivity index (χ2n) is 5.26. The van der Waals surface area contributed by atoms with Crippen LogP contribution in [0.4, 0.5) is 5.82 Å². The minimum absolute atomic E-state index is 0.480. The van der Waals surface area contributed by atoms with Gasteiger partial charge in [-0.3, -0.25) is 4.90 Å². The van der Waals surface area contributed by atoms with E-state index in [1.165, 1.54) is 0 Å². The number of fused-ring (bicyclic) bond motifs is 1. The molecule has 1 atom stereocenters. The van der Waals surface area contributed by atoms with Gasteiger partial charge in [-0.15, -0.1) is 0 Å². The average Bonchev–Trinajstić information content (AvgIpc) is 2.64.